The summed E-state index contributed by atoms with van der Waals surface area (Å²) in [7, 11) is 0. The number of hydrogen-bond donors (Lipinski definition) is 6. The van der Waals surface area contributed by atoms with Gasteiger partial charge in [0.25, 0.3) is 0 Å². The van der Waals surface area contributed by atoms with Crippen molar-refractivity contribution in [2.75, 3.05) is 13.2 Å². The van der Waals surface area contributed by atoms with E-state index in [0.717, 1.165) is 19.3 Å². The summed E-state index contributed by atoms with van der Waals surface area (Å²) in [4.78, 5) is 12.3. The molecule has 7 unspecified atom stereocenters. The Morgan fingerprint density at radius 2 is 1.10 bits per heavy atom. The maximum absolute atomic E-state index is 12.3. The van der Waals surface area contributed by atoms with Crippen molar-refractivity contribution < 1.29 is 39.8 Å². The number of aliphatic hydroxyl groups excluding tert-OH is 5. The molecule has 0 spiro atoms. The minimum atomic E-state index is -1.56. The third kappa shape index (κ3) is 24.9. The highest BCUT2D eigenvalue weighted by Gasteiger charge is 2.44. The minimum absolute atomic E-state index is 0.205. The summed E-state index contributed by atoms with van der Waals surface area (Å²) in [6.07, 6.45) is 34.2. The van der Waals surface area contributed by atoms with Gasteiger partial charge in [0.15, 0.2) is 6.29 Å². The van der Waals surface area contributed by atoms with Crippen molar-refractivity contribution in [3.63, 3.8) is 0 Å². The summed E-state index contributed by atoms with van der Waals surface area (Å²) < 4.78 is 11.0. The van der Waals surface area contributed by atoms with E-state index in [2.05, 4.69) is 24.4 Å². The van der Waals surface area contributed by atoms with Crippen molar-refractivity contribution in [2.24, 2.45) is 0 Å². The van der Waals surface area contributed by atoms with Crippen molar-refractivity contribution >= 4 is 5.91 Å². The Labute approximate surface area is 318 Å². The molecule has 1 aliphatic heterocycles. The number of allylic oxidation sites excluding steroid dienone is 3. The zero-order valence-corrected chi connectivity index (χ0v) is 33.3. The van der Waals surface area contributed by atoms with Crippen LogP contribution in [0, 0.1) is 0 Å². The standard InChI is InChI=1S/C43H81NO8/c1-3-5-6-7-8-9-10-11-12-13-14-15-16-17-18-19-20-21-22-23-24-25-26-27-28-29-30-31-33-37(46)36(44-39(47)32-4-2)35-51-43-42(50)41(49)40(48)38(34-45)52-43/h27-28,31,33,36-38,40-43,45-46,48-50H,3-26,29-30,32,34-35H2,1-2H3,(H,44,47)/b28-27+,33-31+. The van der Waals surface area contributed by atoms with E-state index in [4.69, 9.17) is 9.47 Å². The van der Waals surface area contributed by atoms with Gasteiger partial charge in [-0.15, -0.1) is 0 Å². The molecule has 7 atom stereocenters. The summed E-state index contributed by atoms with van der Waals surface area (Å²) in [6, 6.07) is -0.813. The molecule has 0 saturated carbocycles. The highest BCUT2D eigenvalue weighted by Crippen LogP contribution is 2.22. The first-order chi connectivity index (χ1) is 25.3. The van der Waals surface area contributed by atoms with E-state index in [0.29, 0.717) is 6.42 Å². The largest absolute Gasteiger partial charge is 0.394 e. The van der Waals surface area contributed by atoms with Crippen molar-refractivity contribution in [3.8, 4) is 0 Å². The number of carbonyl (C=O) groups excluding carboxylic acids is 1. The molecule has 6 N–H and O–H groups in total. The monoisotopic (exact) mass is 740 g/mol. The number of nitrogens with one attached hydrogen (secondary N) is 1. The predicted octanol–water partition coefficient (Wildman–Crippen LogP) is 8.33. The molecule has 1 heterocycles. The first kappa shape index (κ1) is 48.7. The molecule has 1 amide bonds. The highest BCUT2D eigenvalue weighted by molar-refractivity contribution is 5.76. The number of ether oxygens (including phenoxy) is 2. The Morgan fingerprint density at radius 3 is 1.58 bits per heavy atom. The van der Waals surface area contributed by atoms with Crippen LogP contribution < -0.4 is 5.32 Å². The van der Waals surface area contributed by atoms with Gasteiger partial charge in [0.05, 0.1) is 25.4 Å². The van der Waals surface area contributed by atoms with E-state index in [9.17, 15) is 30.3 Å². The van der Waals surface area contributed by atoms with Gasteiger partial charge in [0.2, 0.25) is 5.91 Å². The molecule has 9 nitrogen and oxygen atoms in total. The summed E-state index contributed by atoms with van der Waals surface area (Å²) in [5, 5.41) is 53.2. The minimum Gasteiger partial charge on any atom is -0.394 e. The van der Waals surface area contributed by atoms with Gasteiger partial charge in [-0.1, -0.05) is 173 Å². The normalized spacial score (nSPS) is 22.0. The van der Waals surface area contributed by atoms with Gasteiger partial charge in [-0.25, -0.2) is 0 Å². The SMILES string of the molecule is CCCCCCCCCCCCCCCCCCCCCCCC/C=C/CC/C=C/C(O)C(COC1OC(CO)C(O)C(O)C1O)NC(=O)CCC. The molecule has 52 heavy (non-hydrogen) atoms. The second-order valence-electron chi connectivity index (χ2n) is 15.1. The molecule has 0 radical (unpaired) electrons. The maximum Gasteiger partial charge on any atom is 0.220 e. The second-order valence-corrected chi connectivity index (χ2v) is 15.1. The molecule has 9 heteroatoms. The van der Waals surface area contributed by atoms with Crippen LogP contribution in [-0.4, -0.2) is 87.5 Å². The van der Waals surface area contributed by atoms with Crippen LogP contribution in [0.2, 0.25) is 0 Å². The summed E-state index contributed by atoms with van der Waals surface area (Å²) in [5.74, 6) is -0.240. The van der Waals surface area contributed by atoms with E-state index in [1.807, 2.05) is 13.0 Å². The molecule has 0 aromatic heterocycles. The zero-order chi connectivity index (χ0) is 38.1. The number of carbonyl (C=O) groups is 1. The Morgan fingerprint density at radius 1 is 0.635 bits per heavy atom. The average molecular weight is 740 g/mol. The van der Waals surface area contributed by atoms with Gasteiger partial charge in [-0.05, 0) is 32.1 Å². The van der Waals surface area contributed by atoms with Crippen LogP contribution in [0.5, 0.6) is 0 Å². The highest BCUT2D eigenvalue weighted by atomic mass is 16.7. The lowest BCUT2D eigenvalue weighted by atomic mass is 9.99. The van der Waals surface area contributed by atoms with Crippen molar-refractivity contribution in [3.05, 3.63) is 24.3 Å². The van der Waals surface area contributed by atoms with Crippen molar-refractivity contribution in [1.29, 1.82) is 0 Å². The molecule has 0 bridgehead atoms. The van der Waals surface area contributed by atoms with Gasteiger partial charge in [0.1, 0.15) is 24.4 Å². The number of rotatable bonds is 35. The molecular weight excluding hydrogens is 658 g/mol. The van der Waals surface area contributed by atoms with Crippen LogP contribution in [0.25, 0.3) is 0 Å². The molecule has 306 valence electrons. The van der Waals surface area contributed by atoms with E-state index < -0.39 is 49.5 Å². The molecule has 0 aromatic carbocycles. The van der Waals surface area contributed by atoms with E-state index in [1.165, 1.54) is 141 Å². The van der Waals surface area contributed by atoms with Crippen LogP contribution >= 0.6 is 0 Å². The Hall–Kier alpha value is -1.33. The smallest absolute Gasteiger partial charge is 0.220 e. The molecular formula is C43H81NO8. The summed E-state index contributed by atoms with van der Waals surface area (Å²) >= 11 is 0. The maximum atomic E-state index is 12.3. The lowest BCUT2D eigenvalue weighted by Gasteiger charge is -2.40. The van der Waals surface area contributed by atoms with Crippen molar-refractivity contribution in [2.45, 2.75) is 230 Å². The summed E-state index contributed by atoms with van der Waals surface area (Å²) in [5.41, 5.74) is 0. The fourth-order valence-corrected chi connectivity index (χ4v) is 6.80. The fourth-order valence-electron chi connectivity index (χ4n) is 6.80. The van der Waals surface area contributed by atoms with Crippen LogP contribution in [0.3, 0.4) is 0 Å². The molecule has 1 saturated heterocycles. The van der Waals surface area contributed by atoms with Crippen LogP contribution in [0.4, 0.5) is 0 Å². The third-order valence-electron chi connectivity index (χ3n) is 10.2. The van der Waals surface area contributed by atoms with Crippen molar-refractivity contribution in [1.82, 2.24) is 5.32 Å². The van der Waals surface area contributed by atoms with E-state index >= 15 is 0 Å². The Bertz CT molecular complexity index is 868. The molecule has 1 aliphatic rings. The Kier molecular flexibility index (Phi) is 32.0. The number of hydrogen-bond acceptors (Lipinski definition) is 8. The number of aliphatic hydroxyl groups is 5. The first-order valence-corrected chi connectivity index (χ1v) is 21.6. The van der Waals surface area contributed by atoms with Gasteiger partial charge in [-0.2, -0.15) is 0 Å². The molecule has 1 fully saturated rings. The van der Waals surface area contributed by atoms with Gasteiger partial charge in [0, 0.05) is 6.42 Å². The lowest BCUT2D eigenvalue weighted by molar-refractivity contribution is -0.302. The van der Waals surface area contributed by atoms with Crippen LogP contribution in [0.1, 0.15) is 187 Å². The van der Waals surface area contributed by atoms with E-state index in [-0.39, 0.29) is 18.9 Å². The van der Waals surface area contributed by atoms with E-state index in [1.54, 1.807) is 6.08 Å². The van der Waals surface area contributed by atoms with Gasteiger partial charge < -0.3 is 40.3 Å². The van der Waals surface area contributed by atoms with Crippen LogP contribution in [-0.2, 0) is 14.3 Å². The first-order valence-electron chi connectivity index (χ1n) is 21.6. The molecule has 0 aromatic rings. The molecule has 1 rings (SSSR count). The fraction of sp³-hybridized carbons (Fsp3) is 0.884. The van der Waals surface area contributed by atoms with Crippen LogP contribution in [0.15, 0.2) is 24.3 Å². The zero-order valence-electron chi connectivity index (χ0n) is 33.3. The predicted molar refractivity (Wildman–Crippen MR) is 212 cm³/mol. The summed E-state index contributed by atoms with van der Waals surface area (Å²) in [6.45, 7) is 3.39. The van der Waals surface area contributed by atoms with Gasteiger partial charge >= 0.3 is 0 Å². The quantitative estimate of drug-likeness (QED) is 0.0281. The number of amides is 1. The third-order valence-corrected chi connectivity index (χ3v) is 10.2. The second kappa shape index (κ2) is 34.2. The number of unbranched alkanes of at least 4 members (excludes halogenated alkanes) is 23. The topological polar surface area (TPSA) is 149 Å². The Balaban J connectivity index is 2.05. The molecule has 0 aliphatic carbocycles. The average Bonchev–Trinajstić information content (AvgIpc) is 3.14. The lowest BCUT2D eigenvalue weighted by Crippen LogP contribution is -2.60. The van der Waals surface area contributed by atoms with Gasteiger partial charge in [-0.3, -0.25) is 4.79 Å².